The minimum atomic E-state index is -0.916. The summed E-state index contributed by atoms with van der Waals surface area (Å²) in [4.78, 5) is 12.6. The Balaban J connectivity index is 1.52. The fourth-order valence-corrected chi connectivity index (χ4v) is 5.40. The molecular weight excluding hydrogens is 358 g/mol. The summed E-state index contributed by atoms with van der Waals surface area (Å²) in [6.07, 6.45) is 7.94. The minimum absolute atomic E-state index is 0.0364. The van der Waals surface area contributed by atoms with Gasteiger partial charge in [-0.3, -0.25) is 9.00 Å². The van der Waals surface area contributed by atoms with Gasteiger partial charge < -0.3 is 5.32 Å². The van der Waals surface area contributed by atoms with E-state index in [2.05, 4.69) is 10.4 Å². The number of nitrogens with one attached hydrogen (secondary N) is 1. The van der Waals surface area contributed by atoms with Crippen molar-refractivity contribution < 1.29 is 9.00 Å². The lowest BCUT2D eigenvalue weighted by Crippen LogP contribution is -2.18. The van der Waals surface area contributed by atoms with Crippen LogP contribution in [0.1, 0.15) is 61.8 Å². The number of hydrogen-bond acceptors (Lipinski definition) is 3. The van der Waals surface area contributed by atoms with Crippen LogP contribution in [0.15, 0.2) is 24.3 Å². The molecule has 2 aliphatic rings. The first-order valence-corrected chi connectivity index (χ1v) is 11.4. The van der Waals surface area contributed by atoms with E-state index >= 15 is 0 Å². The van der Waals surface area contributed by atoms with Gasteiger partial charge in [0.2, 0.25) is 5.91 Å². The Morgan fingerprint density at radius 3 is 2.67 bits per heavy atom. The first kappa shape index (κ1) is 18.4. The first-order chi connectivity index (χ1) is 13.1. The zero-order valence-corrected chi connectivity index (χ0v) is 16.7. The summed E-state index contributed by atoms with van der Waals surface area (Å²) in [6, 6.07) is 8.09. The molecule has 2 aromatic rings. The number of anilines is 1. The number of benzene rings is 1. The lowest BCUT2D eigenvalue weighted by molar-refractivity contribution is -0.116. The molecule has 0 saturated heterocycles. The van der Waals surface area contributed by atoms with Crippen molar-refractivity contribution in [3.05, 3.63) is 41.1 Å². The van der Waals surface area contributed by atoms with Crippen molar-refractivity contribution in [2.24, 2.45) is 5.92 Å². The van der Waals surface area contributed by atoms with Crippen molar-refractivity contribution in [2.45, 2.75) is 63.4 Å². The monoisotopic (exact) mass is 385 g/mol. The summed E-state index contributed by atoms with van der Waals surface area (Å²) in [5, 5.41) is 7.74. The number of aryl methyl sites for hydroxylation is 1. The Kier molecular flexibility index (Phi) is 5.43. The zero-order chi connectivity index (χ0) is 18.8. The number of carbonyl (C=O) groups is 1. The first-order valence-electron chi connectivity index (χ1n) is 9.93. The molecule has 1 N–H and O–H groups in total. The maximum atomic E-state index is 12.6. The van der Waals surface area contributed by atoms with Crippen LogP contribution in [0.2, 0.25) is 0 Å². The fourth-order valence-electron chi connectivity index (χ4n) is 4.13. The van der Waals surface area contributed by atoms with E-state index in [1.165, 1.54) is 37.7 Å². The van der Waals surface area contributed by atoms with E-state index in [9.17, 15) is 9.00 Å². The Labute approximate surface area is 163 Å². The molecule has 0 bridgehead atoms. The van der Waals surface area contributed by atoms with E-state index in [0.717, 1.165) is 23.4 Å². The van der Waals surface area contributed by atoms with E-state index in [1.54, 1.807) is 4.68 Å². The molecule has 2 heterocycles. The van der Waals surface area contributed by atoms with Crippen LogP contribution in [0, 0.1) is 12.8 Å². The predicted octanol–water partition coefficient (Wildman–Crippen LogP) is 4.24. The van der Waals surface area contributed by atoms with Gasteiger partial charge in [-0.1, -0.05) is 49.8 Å². The van der Waals surface area contributed by atoms with Gasteiger partial charge in [0.1, 0.15) is 5.82 Å². The standard InChI is InChI=1S/C21H27N3O2S/c1-15-7-10-17(11-8-15)24-21(18-13-27(26)14-19(18)23-24)22-20(25)12-9-16-5-3-2-4-6-16/h7-8,10-11,16H,2-6,9,12-14H2,1H3,(H,22,25)/t27-/m0/s1. The molecule has 1 aromatic heterocycles. The van der Waals surface area contributed by atoms with Gasteiger partial charge >= 0.3 is 0 Å². The Hall–Kier alpha value is -1.95. The molecule has 1 aromatic carbocycles. The Bertz CT molecular complexity index is 851. The Morgan fingerprint density at radius 2 is 1.93 bits per heavy atom. The maximum Gasteiger partial charge on any atom is 0.225 e. The van der Waals surface area contributed by atoms with Gasteiger partial charge in [-0.2, -0.15) is 5.10 Å². The van der Waals surface area contributed by atoms with Gasteiger partial charge in [0.15, 0.2) is 0 Å². The molecule has 144 valence electrons. The normalized spacial score (nSPS) is 19.8. The van der Waals surface area contributed by atoms with Crippen LogP contribution in [-0.4, -0.2) is 19.9 Å². The highest BCUT2D eigenvalue weighted by Crippen LogP contribution is 2.32. The number of rotatable bonds is 5. The molecule has 1 aliphatic heterocycles. The SMILES string of the molecule is Cc1ccc(-n2nc3c(c2NC(=O)CCC2CCCCC2)C[S@](=O)C3)cc1. The van der Waals surface area contributed by atoms with E-state index in [1.807, 2.05) is 31.2 Å². The number of carbonyl (C=O) groups excluding carboxylic acids is 1. The second-order valence-electron chi connectivity index (χ2n) is 7.84. The largest absolute Gasteiger partial charge is 0.310 e. The van der Waals surface area contributed by atoms with Gasteiger partial charge in [-0.15, -0.1) is 0 Å². The quantitative estimate of drug-likeness (QED) is 0.837. The lowest BCUT2D eigenvalue weighted by Gasteiger charge is -2.21. The molecule has 5 nitrogen and oxygen atoms in total. The Morgan fingerprint density at radius 1 is 1.19 bits per heavy atom. The van der Waals surface area contributed by atoms with Crippen molar-refractivity contribution in [1.29, 1.82) is 0 Å². The highest BCUT2D eigenvalue weighted by Gasteiger charge is 2.28. The molecule has 4 rings (SSSR count). The van der Waals surface area contributed by atoms with E-state index in [4.69, 9.17) is 0 Å². The van der Waals surface area contributed by atoms with Crippen LogP contribution in [0.5, 0.6) is 0 Å². The number of nitrogens with zero attached hydrogens (tertiary/aromatic N) is 2. The lowest BCUT2D eigenvalue weighted by atomic mass is 9.86. The number of hydrogen-bond donors (Lipinski definition) is 1. The molecule has 1 fully saturated rings. The molecule has 1 amide bonds. The van der Waals surface area contributed by atoms with Gasteiger partial charge in [-0.25, -0.2) is 4.68 Å². The smallest absolute Gasteiger partial charge is 0.225 e. The maximum absolute atomic E-state index is 12.6. The third-order valence-electron chi connectivity index (χ3n) is 5.71. The highest BCUT2D eigenvalue weighted by atomic mass is 32.2. The number of aromatic nitrogens is 2. The molecule has 1 aliphatic carbocycles. The van der Waals surface area contributed by atoms with Crippen LogP contribution in [-0.2, 0) is 27.1 Å². The van der Waals surface area contributed by atoms with Crippen LogP contribution in [0.25, 0.3) is 5.69 Å². The average molecular weight is 386 g/mol. The van der Waals surface area contributed by atoms with Crippen molar-refractivity contribution in [1.82, 2.24) is 9.78 Å². The summed E-state index contributed by atoms with van der Waals surface area (Å²) in [6.45, 7) is 2.05. The predicted molar refractivity (Wildman–Crippen MR) is 108 cm³/mol. The third kappa shape index (κ3) is 4.15. The van der Waals surface area contributed by atoms with Crippen LogP contribution >= 0.6 is 0 Å². The second kappa shape index (κ2) is 7.97. The molecular formula is C21H27N3O2S. The summed E-state index contributed by atoms with van der Waals surface area (Å²) in [7, 11) is -0.916. The topological polar surface area (TPSA) is 64.0 Å². The zero-order valence-electron chi connectivity index (χ0n) is 15.9. The summed E-state index contributed by atoms with van der Waals surface area (Å²) >= 11 is 0. The van der Waals surface area contributed by atoms with E-state index in [-0.39, 0.29) is 5.91 Å². The van der Waals surface area contributed by atoms with E-state index < -0.39 is 10.8 Å². The fraction of sp³-hybridized carbons (Fsp3) is 0.524. The van der Waals surface area contributed by atoms with Crippen LogP contribution in [0.4, 0.5) is 5.82 Å². The van der Waals surface area contributed by atoms with Gasteiger partial charge in [0, 0.05) is 22.8 Å². The molecule has 0 unspecified atom stereocenters. The minimum Gasteiger partial charge on any atom is -0.310 e. The van der Waals surface area contributed by atoms with E-state index in [0.29, 0.717) is 29.7 Å². The van der Waals surface area contributed by atoms with Crippen molar-refractivity contribution >= 4 is 22.5 Å². The summed E-state index contributed by atoms with van der Waals surface area (Å²) in [5.74, 6) is 2.37. The third-order valence-corrected chi connectivity index (χ3v) is 6.92. The number of fused-ring (bicyclic) bond motifs is 1. The van der Waals surface area contributed by atoms with Crippen molar-refractivity contribution in [2.75, 3.05) is 5.32 Å². The van der Waals surface area contributed by atoms with Gasteiger partial charge in [0.05, 0.1) is 22.9 Å². The summed E-state index contributed by atoms with van der Waals surface area (Å²) < 4.78 is 13.8. The second-order valence-corrected chi connectivity index (χ2v) is 9.30. The van der Waals surface area contributed by atoms with Gasteiger partial charge in [-0.05, 0) is 31.4 Å². The number of amides is 1. The van der Waals surface area contributed by atoms with Gasteiger partial charge in [0.25, 0.3) is 0 Å². The van der Waals surface area contributed by atoms with Crippen LogP contribution in [0.3, 0.4) is 0 Å². The van der Waals surface area contributed by atoms with Crippen molar-refractivity contribution in [3.8, 4) is 5.69 Å². The highest BCUT2D eigenvalue weighted by molar-refractivity contribution is 7.83. The molecule has 1 saturated carbocycles. The van der Waals surface area contributed by atoms with Crippen molar-refractivity contribution in [3.63, 3.8) is 0 Å². The molecule has 27 heavy (non-hydrogen) atoms. The molecule has 0 spiro atoms. The summed E-state index contributed by atoms with van der Waals surface area (Å²) in [5.41, 5.74) is 3.87. The average Bonchev–Trinajstić information content (AvgIpc) is 3.19. The molecule has 6 heteroatoms. The molecule has 1 atom stereocenters. The molecule has 0 radical (unpaired) electrons. The van der Waals surface area contributed by atoms with Crippen LogP contribution < -0.4 is 5.32 Å².